The van der Waals surface area contributed by atoms with Crippen LogP contribution in [0.2, 0.25) is 0 Å². The summed E-state index contributed by atoms with van der Waals surface area (Å²) in [4.78, 5) is 24.8. The molecule has 21 heteroatoms. The first-order valence-electron chi connectivity index (χ1n) is 11.8. The lowest BCUT2D eigenvalue weighted by Gasteiger charge is -2.42. The van der Waals surface area contributed by atoms with Crippen molar-refractivity contribution in [3.8, 4) is 0 Å². The normalized spacial score (nSPS) is 16.1. The zero-order chi connectivity index (χ0) is 33.6. The lowest BCUT2D eigenvalue weighted by Crippen LogP contribution is -2.74. The van der Waals surface area contributed by atoms with Gasteiger partial charge in [0, 0.05) is 4.88 Å². The Morgan fingerprint density at radius 3 is 1.77 bits per heavy atom. The maximum Gasteiger partial charge on any atom is 0.393 e. The minimum atomic E-state index is -8.62. The van der Waals surface area contributed by atoms with Crippen molar-refractivity contribution in [1.29, 1.82) is 0 Å². The molecule has 1 aromatic rings. The largest absolute Gasteiger partial charge is 0.462 e. The van der Waals surface area contributed by atoms with Crippen molar-refractivity contribution in [1.82, 2.24) is 0 Å². The zero-order valence-corrected chi connectivity index (χ0v) is 22.0. The molecule has 0 atom stereocenters. The Hall–Kier alpha value is -2.48. The molecule has 0 radical (unpaired) electrons. The number of anilines is 1. The van der Waals surface area contributed by atoms with Crippen molar-refractivity contribution in [2.45, 2.75) is 93.3 Å². The minimum absolute atomic E-state index is 0.0433. The third-order valence-corrected chi connectivity index (χ3v) is 7.45. The zero-order valence-electron chi connectivity index (χ0n) is 21.2. The van der Waals surface area contributed by atoms with Gasteiger partial charge in [-0.3, -0.25) is 4.79 Å². The van der Waals surface area contributed by atoms with E-state index in [4.69, 9.17) is 4.74 Å². The summed E-state index contributed by atoms with van der Waals surface area (Å²) in [7, 11) is 0. The average molecular weight is 681 g/mol. The molecule has 0 saturated carbocycles. The van der Waals surface area contributed by atoms with Crippen LogP contribution in [0, 0.1) is 0 Å². The number of esters is 1. The highest BCUT2D eigenvalue weighted by molar-refractivity contribution is 7.17. The fourth-order valence-corrected chi connectivity index (χ4v) is 5.05. The number of alkyl halides is 16. The first kappa shape index (κ1) is 36.7. The van der Waals surface area contributed by atoms with Crippen molar-refractivity contribution in [2.75, 3.05) is 11.9 Å². The molecular weight excluding hydrogens is 662 g/mol. The summed E-state index contributed by atoms with van der Waals surface area (Å²) in [6.07, 6.45) is -4.18. The van der Waals surface area contributed by atoms with Gasteiger partial charge in [0.05, 0.1) is 12.2 Å². The Kier molecular flexibility index (Phi) is 10.1. The van der Waals surface area contributed by atoms with E-state index in [1.165, 1.54) is 6.92 Å². The lowest BCUT2D eigenvalue weighted by atomic mass is 9.89. The van der Waals surface area contributed by atoms with Gasteiger partial charge < -0.3 is 10.1 Å². The number of rotatable bonds is 12. The fourth-order valence-electron chi connectivity index (χ4n) is 3.77. The third-order valence-electron chi connectivity index (χ3n) is 6.24. The number of amides is 1. The molecule has 43 heavy (non-hydrogen) atoms. The molecule has 0 bridgehead atoms. The Labute approximate surface area is 234 Å². The Balaban J connectivity index is 2.57. The first-order valence-corrected chi connectivity index (χ1v) is 12.7. The molecule has 1 amide bonds. The molecule has 1 aliphatic carbocycles. The number of ether oxygens (including phenoxy) is 1. The molecule has 0 aliphatic heterocycles. The second kappa shape index (κ2) is 11.8. The van der Waals surface area contributed by atoms with Gasteiger partial charge in [0.2, 0.25) is 0 Å². The van der Waals surface area contributed by atoms with Crippen molar-refractivity contribution >= 4 is 28.2 Å². The maximum absolute atomic E-state index is 14.5. The molecule has 248 valence electrons. The van der Waals surface area contributed by atoms with Gasteiger partial charge in [0.1, 0.15) is 5.00 Å². The van der Waals surface area contributed by atoms with E-state index in [1.807, 2.05) is 0 Å². The Bertz CT molecular complexity index is 1200. The van der Waals surface area contributed by atoms with Crippen LogP contribution in [-0.2, 0) is 22.4 Å². The van der Waals surface area contributed by atoms with E-state index in [1.54, 1.807) is 0 Å². The summed E-state index contributed by atoms with van der Waals surface area (Å²) in [6.45, 7) is 1.21. The molecule has 0 saturated heterocycles. The van der Waals surface area contributed by atoms with E-state index < -0.39 is 70.3 Å². The summed E-state index contributed by atoms with van der Waals surface area (Å²) in [5, 5.41) is -0.0913. The molecule has 1 aromatic heterocycles. The highest BCUT2D eigenvalue weighted by Gasteiger charge is 2.94. The number of fused-ring (bicyclic) bond motifs is 1. The van der Waals surface area contributed by atoms with Gasteiger partial charge in [0.25, 0.3) is 0 Å². The average Bonchev–Trinajstić information content (AvgIpc) is 3.06. The molecule has 1 aliphatic rings. The van der Waals surface area contributed by atoms with Crippen LogP contribution in [0.25, 0.3) is 0 Å². The number of nitrogens with one attached hydrogen (secondary N) is 1. The SMILES string of the molecule is CCCOC(=O)c1c(NC(=O)C(F)(F)C(F)(F)C(F)(F)C(F)(F)C(F)(F)C(F)(F)C(F)(F)C(F)F)sc2c1CCCCC2. The van der Waals surface area contributed by atoms with Gasteiger partial charge in [-0.05, 0) is 37.7 Å². The molecule has 4 nitrogen and oxygen atoms in total. The monoisotopic (exact) mass is 681 g/mol. The second-order valence-corrected chi connectivity index (χ2v) is 10.3. The van der Waals surface area contributed by atoms with Crippen LogP contribution in [0.5, 0.6) is 0 Å². The molecule has 0 aromatic carbocycles. The van der Waals surface area contributed by atoms with Crippen LogP contribution in [0.1, 0.15) is 53.4 Å². The van der Waals surface area contributed by atoms with Crippen molar-refractivity contribution in [3.63, 3.8) is 0 Å². The summed E-state index contributed by atoms with van der Waals surface area (Å²) in [5.41, 5.74) is -0.618. The van der Waals surface area contributed by atoms with Crippen LogP contribution in [0.3, 0.4) is 0 Å². The predicted molar refractivity (Wildman–Crippen MR) is 115 cm³/mol. The van der Waals surface area contributed by atoms with E-state index >= 15 is 0 Å². The van der Waals surface area contributed by atoms with E-state index in [9.17, 15) is 79.8 Å². The van der Waals surface area contributed by atoms with E-state index in [0.717, 1.165) is 5.32 Å². The van der Waals surface area contributed by atoms with E-state index in [0.29, 0.717) is 30.6 Å². The number of hydrogen-bond acceptors (Lipinski definition) is 4. The van der Waals surface area contributed by atoms with Crippen LogP contribution in [0.4, 0.5) is 75.2 Å². The van der Waals surface area contributed by atoms with Crippen LogP contribution in [0.15, 0.2) is 0 Å². The van der Waals surface area contributed by atoms with Crippen LogP contribution in [-0.4, -0.2) is 66.4 Å². The highest BCUT2D eigenvalue weighted by atomic mass is 32.1. The van der Waals surface area contributed by atoms with Crippen molar-refractivity contribution in [2.24, 2.45) is 0 Å². The quantitative estimate of drug-likeness (QED) is 0.138. The summed E-state index contributed by atoms with van der Waals surface area (Å²) in [6, 6.07) is 0. The van der Waals surface area contributed by atoms with E-state index in [-0.39, 0.29) is 36.3 Å². The highest BCUT2D eigenvalue weighted by Crippen LogP contribution is 2.63. The summed E-state index contributed by atoms with van der Waals surface area (Å²) < 4.78 is 223. The fraction of sp³-hybridized carbons (Fsp3) is 0.727. The lowest BCUT2D eigenvalue weighted by molar-refractivity contribution is -0.443. The molecular formula is C22H19F16NO3S. The van der Waals surface area contributed by atoms with Gasteiger partial charge in [-0.25, -0.2) is 13.6 Å². The molecule has 0 fully saturated rings. The maximum atomic E-state index is 14.5. The number of carbonyl (C=O) groups is 2. The predicted octanol–water partition coefficient (Wildman–Crippen LogP) is 8.23. The van der Waals surface area contributed by atoms with Crippen LogP contribution < -0.4 is 5.32 Å². The third kappa shape index (κ3) is 5.62. The number of halogens is 16. The standard InChI is InChI=1S/C22H19F16NO3S/c1-2-8-42-13(40)11-9-6-4-3-5-7-10(9)43-12(11)39-15(41)17(27,28)19(31,32)21(35,36)22(37,38)20(33,34)18(29,30)16(25,26)14(23)24/h14H,2-8H2,1H3,(H,39,41). The van der Waals surface area contributed by atoms with Crippen molar-refractivity contribution in [3.05, 3.63) is 16.0 Å². The van der Waals surface area contributed by atoms with Crippen molar-refractivity contribution < 1.29 is 84.6 Å². The van der Waals surface area contributed by atoms with E-state index in [2.05, 4.69) is 0 Å². The Morgan fingerprint density at radius 2 is 1.26 bits per heavy atom. The summed E-state index contributed by atoms with van der Waals surface area (Å²) in [5.74, 6) is -61.7. The van der Waals surface area contributed by atoms with Gasteiger partial charge in [0.15, 0.2) is 0 Å². The molecule has 0 unspecified atom stereocenters. The van der Waals surface area contributed by atoms with Gasteiger partial charge in [-0.1, -0.05) is 13.3 Å². The molecule has 1 N–H and O–H groups in total. The molecule has 1 heterocycles. The second-order valence-electron chi connectivity index (χ2n) is 9.23. The number of hydrogen-bond donors (Lipinski definition) is 1. The van der Waals surface area contributed by atoms with Gasteiger partial charge in [-0.2, -0.15) is 61.5 Å². The van der Waals surface area contributed by atoms with Crippen LogP contribution >= 0.6 is 11.3 Å². The van der Waals surface area contributed by atoms with Gasteiger partial charge >= 0.3 is 59.8 Å². The van der Waals surface area contributed by atoms with Gasteiger partial charge in [-0.15, -0.1) is 11.3 Å². The number of thiophene rings is 1. The number of aryl methyl sites for hydroxylation is 1. The first-order chi connectivity index (χ1) is 19.3. The Morgan fingerprint density at radius 1 is 0.767 bits per heavy atom. The smallest absolute Gasteiger partial charge is 0.393 e. The molecule has 2 rings (SSSR count). The number of carbonyl (C=O) groups excluding carboxylic acids is 2. The topological polar surface area (TPSA) is 55.4 Å². The minimum Gasteiger partial charge on any atom is -0.462 e. The molecule has 0 spiro atoms. The summed E-state index contributed by atoms with van der Waals surface area (Å²) >= 11 is 0.298.